The highest BCUT2D eigenvalue weighted by Gasteiger charge is 2.40. The Kier molecular flexibility index (Phi) is 1.89. The second kappa shape index (κ2) is 2.56. The lowest BCUT2D eigenvalue weighted by Gasteiger charge is -2.03. The van der Waals surface area contributed by atoms with Gasteiger partial charge in [-0.15, -0.1) is 0 Å². The van der Waals surface area contributed by atoms with E-state index in [-0.39, 0.29) is 12.0 Å². The van der Waals surface area contributed by atoms with Crippen molar-refractivity contribution in [3.63, 3.8) is 0 Å². The molecule has 0 spiro atoms. The molecule has 1 heterocycles. The van der Waals surface area contributed by atoms with E-state index in [2.05, 4.69) is 5.32 Å². The standard InChI is InChI=1S/C6H6F3NO/c7-6(8,9)5(11)4-1-2-10-3-4/h3,10H,1-2H2. The second-order valence-corrected chi connectivity index (χ2v) is 2.20. The van der Waals surface area contributed by atoms with Gasteiger partial charge in [0.1, 0.15) is 0 Å². The molecular formula is C6H6F3NO. The number of hydrogen-bond acceptors (Lipinski definition) is 2. The molecule has 0 radical (unpaired) electrons. The molecule has 0 unspecified atom stereocenters. The molecule has 5 heteroatoms. The first kappa shape index (κ1) is 8.10. The maximum atomic E-state index is 11.7. The fraction of sp³-hybridized carbons (Fsp3) is 0.500. The van der Waals surface area contributed by atoms with Gasteiger partial charge < -0.3 is 5.32 Å². The summed E-state index contributed by atoms with van der Waals surface area (Å²) < 4.78 is 35.0. The summed E-state index contributed by atoms with van der Waals surface area (Å²) in [6.07, 6.45) is -3.44. The van der Waals surface area contributed by atoms with Crippen LogP contribution >= 0.6 is 0 Å². The highest BCUT2D eigenvalue weighted by atomic mass is 19.4. The summed E-state index contributed by atoms with van der Waals surface area (Å²) in [5.41, 5.74) is -0.183. The lowest BCUT2D eigenvalue weighted by molar-refractivity contribution is -0.166. The molecule has 1 rings (SSSR count). The van der Waals surface area contributed by atoms with Gasteiger partial charge in [0.25, 0.3) is 5.78 Å². The monoisotopic (exact) mass is 165 g/mol. The SMILES string of the molecule is O=C(C1=CNCC1)C(F)(F)F. The molecule has 0 fully saturated rings. The van der Waals surface area contributed by atoms with Crippen molar-refractivity contribution in [1.82, 2.24) is 5.32 Å². The number of ketones is 1. The van der Waals surface area contributed by atoms with Gasteiger partial charge in [-0.25, -0.2) is 0 Å². The zero-order valence-corrected chi connectivity index (χ0v) is 5.53. The summed E-state index contributed by atoms with van der Waals surface area (Å²) in [5.74, 6) is -1.73. The number of carbonyl (C=O) groups excluding carboxylic acids is 1. The highest BCUT2D eigenvalue weighted by Crippen LogP contribution is 2.22. The Morgan fingerprint density at radius 3 is 2.55 bits per heavy atom. The van der Waals surface area contributed by atoms with Gasteiger partial charge in [-0.3, -0.25) is 4.79 Å². The van der Waals surface area contributed by atoms with Crippen LogP contribution in [0.3, 0.4) is 0 Å². The largest absolute Gasteiger partial charge is 0.454 e. The molecule has 11 heavy (non-hydrogen) atoms. The van der Waals surface area contributed by atoms with Crippen LogP contribution in [0.25, 0.3) is 0 Å². The Balaban J connectivity index is 2.68. The van der Waals surface area contributed by atoms with Gasteiger partial charge in [-0.05, 0) is 6.42 Å². The first-order chi connectivity index (χ1) is 5.02. The molecule has 2 nitrogen and oxygen atoms in total. The van der Waals surface area contributed by atoms with E-state index in [1.165, 1.54) is 0 Å². The minimum absolute atomic E-state index is 0.165. The van der Waals surface area contributed by atoms with Crippen LogP contribution in [0.15, 0.2) is 11.8 Å². The maximum absolute atomic E-state index is 11.7. The molecule has 0 bridgehead atoms. The van der Waals surface area contributed by atoms with Crippen molar-refractivity contribution in [2.24, 2.45) is 0 Å². The van der Waals surface area contributed by atoms with Gasteiger partial charge in [0.2, 0.25) is 0 Å². The van der Waals surface area contributed by atoms with Crippen LogP contribution in [0.1, 0.15) is 6.42 Å². The van der Waals surface area contributed by atoms with Crippen LogP contribution in [-0.4, -0.2) is 18.5 Å². The Labute approximate surface area is 61.1 Å². The van der Waals surface area contributed by atoms with Crippen LogP contribution in [0.2, 0.25) is 0 Å². The third kappa shape index (κ3) is 1.72. The van der Waals surface area contributed by atoms with E-state index in [0.29, 0.717) is 6.54 Å². The molecule has 62 valence electrons. The fourth-order valence-electron chi connectivity index (χ4n) is 0.836. The van der Waals surface area contributed by atoms with E-state index in [9.17, 15) is 18.0 Å². The molecule has 1 aliphatic rings. The average molecular weight is 165 g/mol. The zero-order chi connectivity index (χ0) is 8.48. The molecule has 0 aliphatic carbocycles. The molecule has 1 aliphatic heterocycles. The van der Waals surface area contributed by atoms with Crippen LogP contribution < -0.4 is 5.32 Å². The van der Waals surface area contributed by atoms with Gasteiger partial charge in [-0.2, -0.15) is 13.2 Å². The molecule has 0 aromatic heterocycles. The van der Waals surface area contributed by atoms with Gasteiger partial charge >= 0.3 is 6.18 Å². The molecule has 0 aromatic rings. The summed E-state index contributed by atoms with van der Waals surface area (Å²) in [7, 11) is 0. The van der Waals surface area contributed by atoms with Crippen molar-refractivity contribution in [2.75, 3.05) is 6.54 Å². The molecule has 0 amide bonds. The van der Waals surface area contributed by atoms with Crippen molar-refractivity contribution < 1.29 is 18.0 Å². The minimum Gasteiger partial charge on any atom is -0.390 e. The van der Waals surface area contributed by atoms with Crippen LogP contribution in [-0.2, 0) is 4.79 Å². The molecule has 0 saturated heterocycles. The molecular weight excluding hydrogens is 159 g/mol. The minimum atomic E-state index is -4.72. The summed E-state index contributed by atoms with van der Waals surface area (Å²) in [5, 5.41) is 2.54. The number of Topliss-reactive ketones (excluding diaryl/α,β-unsaturated/α-hetero) is 1. The second-order valence-electron chi connectivity index (χ2n) is 2.20. The van der Waals surface area contributed by atoms with Crippen molar-refractivity contribution in [2.45, 2.75) is 12.6 Å². The number of halogens is 3. The van der Waals surface area contributed by atoms with Gasteiger partial charge in [-0.1, -0.05) is 0 Å². The molecule has 0 aromatic carbocycles. The first-order valence-corrected chi connectivity index (χ1v) is 3.06. The van der Waals surface area contributed by atoms with E-state index < -0.39 is 12.0 Å². The summed E-state index contributed by atoms with van der Waals surface area (Å²) >= 11 is 0. The topological polar surface area (TPSA) is 29.1 Å². The van der Waals surface area contributed by atoms with E-state index in [1.807, 2.05) is 0 Å². The van der Waals surface area contributed by atoms with E-state index in [1.54, 1.807) is 0 Å². The summed E-state index contributed by atoms with van der Waals surface area (Å²) in [4.78, 5) is 10.4. The van der Waals surface area contributed by atoms with Crippen LogP contribution in [0.4, 0.5) is 13.2 Å². The molecule has 0 saturated carbocycles. The van der Waals surface area contributed by atoms with Crippen molar-refractivity contribution >= 4 is 5.78 Å². The Hall–Kier alpha value is -1.00. The van der Waals surface area contributed by atoms with Crippen LogP contribution in [0.5, 0.6) is 0 Å². The lowest BCUT2D eigenvalue weighted by atomic mass is 10.1. The summed E-state index contributed by atoms with van der Waals surface area (Å²) in [6.45, 7) is 0.414. The third-order valence-corrected chi connectivity index (χ3v) is 1.36. The molecule has 1 N–H and O–H groups in total. The van der Waals surface area contributed by atoms with Crippen molar-refractivity contribution in [3.8, 4) is 0 Å². The zero-order valence-electron chi connectivity index (χ0n) is 5.53. The average Bonchev–Trinajstić information content (AvgIpc) is 2.34. The number of alkyl halides is 3. The van der Waals surface area contributed by atoms with Gasteiger partial charge in [0.15, 0.2) is 0 Å². The lowest BCUT2D eigenvalue weighted by Crippen LogP contribution is -2.23. The maximum Gasteiger partial charge on any atom is 0.454 e. The van der Waals surface area contributed by atoms with Crippen molar-refractivity contribution in [3.05, 3.63) is 11.8 Å². The van der Waals surface area contributed by atoms with Gasteiger partial charge in [0, 0.05) is 18.3 Å². The van der Waals surface area contributed by atoms with Crippen molar-refractivity contribution in [1.29, 1.82) is 0 Å². The van der Waals surface area contributed by atoms with Crippen LogP contribution in [0, 0.1) is 0 Å². The first-order valence-electron chi connectivity index (χ1n) is 3.06. The molecule has 0 atom stereocenters. The normalized spacial score (nSPS) is 17.5. The Bertz CT molecular complexity index is 206. The predicted octanol–water partition coefficient (Wildman–Crippen LogP) is 0.995. The number of carbonyl (C=O) groups is 1. The van der Waals surface area contributed by atoms with E-state index in [0.717, 1.165) is 6.20 Å². The van der Waals surface area contributed by atoms with E-state index >= 15 is 0 Å². The van der Waals surface area contributed by atoms with Gasteiger partial charge in [0.05, 0.1) is 0 Å². The number of hydrogen-bond donors (Lipinski definition) is 1. The van der Waals surface area contributed by atoms with E-state index in [4.69, 9.17) is 0 Å². The smallest absolute Gasteiger partial charge is 0.390 e. The Morgan fingerprint density at radius 2 is 2.18 bits per heavy atom. The fourth-order valence-corrected chi connectivity index (χ4v) is 0.836. The Morgan fingerprint density at radius 1 is 1.55 bits per heavy atom. The highest BCUT2D eigenvalue weighted by molar-refractivity contribution is 5.99. The quantitative estimate of drug-likeness (QED) is 0.627. The summed E-state index contributed by atoms with van der Waals surface area (Å²) in [6, 6.07) is 0. The number of nitrogens with one attached hydrogen (secondary N) is 1. The third-order valence-electron chi connectivity index (χ3n) is 1.36. The predicted molar refractivity (Wildman–Crippen MR) is 31.8 cm³/mol. The number of rotatable bonds is 1.